The van der Waals surface area contributed by atoms with E-state index in [1.807, 2.05) is 48.5 Å². The molecule has 4 rings (SSSR count). The van der Waals surface area contributed by atoms with Gasteiger partial charge in [-0.15, -0.1) is 0 Å². The van der Waals surface area contributed by atoms with Crippen LogP contribution in [0, 0.1) is 11.8 Å². The first kappa shape index (κ1) is 25.2. The third kappa shape index (κ3) is 6.63. The van der Waals surface area contributed by atoms with Crippen LogP contribution in [-0.4, -0.2) is 71.5 Å². The molecule has 2 aromatic heterocycles. The summed E-state index contributed by atoms with van der Waals surface area (Å²) in [6, 6.07) is 13.3. The van der Waals surface area contributed by atoms with E-state index in [9.17, 15) is 4.39 Å². The smallest absolute Gasteiger partial charge is 0.124 e. The van der Waals surface area contributed by atoms with Crippen molar-refractivity contribution in [3.63, 3.8) is 0 Å². The highest BCUT2D eigenvalue weighted by Gasteiger charge is 2.15. The van der Waals surface area contributed by atoms with Crippen LogP contribution < -0.4 is 9.80 Å². The number of hydrogen-bond acceptors (Lipinski definition) is 5. The lowest BCUT2D eigenvalue weighted by Gasteiger charge is -2.28. The summed E-state index contributed by atoms with van der Waals surface area (Å²) in [6.07, 6.45) is 1.94. The standard InChI is InChI=1S/C27H35FN4O2Si/c1-30(11-10-28)23-7-4-22(5-8-23)6-9-24-18-26-27(32(24)21-34-16-17-35(2)3)19-25(20-29-26)31-12-14-33-15-13-31/h4-5,7-8,18-20,35H,10-17,21H2,1-3H3. The van der Waals surface area contributed by atoms with Crippen molar-refractivity contribution in [2.45, 2.75) is 25.9 Å². The first-order chi connectivity index (χ1) is 17.0. The van der Waals surface area contributed by atoms with Crippen molar-refractivity contribution < 1.29 is 13.9 Å². The van der Waals surface area contributed by atoms with Crippen molar-refractivity contribution in [2.24, 2.45) is 0 Å². The number of hydrogen-bond donors (Lipinski definition) is 0. The summed E-state index contributed by atoms with van der Waals surface area (Å²) in [5, 5.41) is 0. The van der Waals surface area contributed by atoms with Crippen molar-refractivity contribution in [3.05, 3.63) is 53.9 Å². The molecule has 0 N–H and O–H groups in total. The molecule has 1 aliphatic heterocycles. The molecule has 0 atom stereocenters. The summed E-state index contributed by atoms with van der Waals surface area (Å²) in [7, 11) is 1.23. The topological polar surface area (TPSA) is 42.8 Å². The molecule has 0 bridgehead atoms. The molecule has 0 aliphatic carbocycles. The fraction of sp³-hybridized carbons (Fsp3) is 0.444. The number of halogens is 1. The Morgan fingerprint density at radius 2 is 1.91 bits per heavy atom. The molecule has 0 spiro atoms. The molecule has 6 nitrogen and oxygen atoms in total. The normalized spacial score (nSPS) is 13.8. The van der Waals surface area contributed by atoms with Gasteiger partial charge in [-0.25, -0.2) is 4.39 Å². The first-order valence-electron chi connectivity index (χ1n) is 12.3. The third-order valence-corrected chi connectivity index (χ3v) is 7.63. The zero-order valence-electron chi connectivity index (χ0n) is 21.0. The second-order valence-corrected chi connectivity index (χ2v) is 12.6. The van der Waals surface area contributed by atoms with Gasteiger partial charge in [0.1, 0.15) is 13.4 Å². The Balaban J connectivity index is 1.61. The van der Waals surface area contributed by atoms with Gasteiger partial charge in [0.25, 0.3) is 0 Å². The minimum absolute atomic E-state index is 0.370. The maximum absolute atomic E-state index is 12.6. The van der Waals surface area contributed by atoms with E-state index in [-0.39, 0.29) is 6.67 Å². The summed E-state index contributed by atoms with van der Waals surface area (Å²) in [5.74, 6) is 6.62. The molecule has 3 aromatic rings. The molecule has 0 radical (unpaired) electrons. The average Bonchev–Trinajstić information content (AvgIpc) is 3.22. The molecule has 3 heterocycles. The Morgan fingerprint density at radius 1 is 1.14 bits per heavy atom. The second-order valence-electron chi connectivity index (χ2n) is 9.28. The van der Waals surface area contributed by atoms with Crippen LogP contribution in [0.3, 0.4) is 0 Å². The van der Waals surface area contributed by atoms with Gasteiger partial charge in [0, 0.05) is 53.3 Å². The summed E-state index contributed by atoms with van der Waals surface area (Å²) in [4.78, 5) is 8.95. The number of fused-ring (bicyclic) bond motifs is 1. The fourth-order valence-corrected chi connectivity index (χ4v) is 4.66. The van der Waals surface area contributed by atoms with Crippen LogP contribution in [0.15, 0.2) is 42.6 Å². The van der Waals surface area contributed by atoms with Crippen LogP contribution >= 0.6 is 0 Å². The van der Waals surface area contributed by atoms with Crippen molar-refractivity contribution in [1.82, 2.24) is 9.55 Å². The highest BCUT2D eigenvalue weighted by molar-refractivity contribution is 6.55. The van der Waals surface area contributed by atoms with E-state index in [0.29, 0.717) is 13.3 Å². The van der Waals surface area contributed by atoms with Crippen LogP contribution in [-0.2, 0) is 16.2 Å². The number of nitrogens with zero attached hydrogens (tertiary/aromatic N) is 4. The molecule has 186 valence electrons. The Labute approximate surface area is 209 Å². The second kappa shape index (κ2) is 12.2. The molecular weight excluding hydrogens is 459 g/mol. The Kier molecular flexibility index (Phi) is 8.80. The van der Waals surface area contributed by atoms with Crippen LogP contribution in [0.1, 0.15) is 11.3 Å². The van der Waals surface area contributed by atoms with Crippen molar-refractivity contribution >= 4 is 31.2 Å². The van der Waals surface area contributed by atoms with Gasteiger partial charge in [0.05, 0.1) is 41.8 Å². The van der Waals surface area contributed by atoms with Gasteiger partial charge in [-0.3, -0.25) is 4.98 Å². The summed E-state index contributed by atoms with van der Waals surface area (Å²) in [6.45, 7) is 9.11. The van der Waals surface area contributed by atoms with E-state index in [1.165, 1.54) is 0 Å². The van der Waals surface area contributed by atoms with Gasteiger partial charge in [0.15, 0.2) is 0 Å². The van der Waals surface area contributed by atoms with Crippen LogP contribution in [0.2, 0.25) is 19.1 Å². The number of alkyl halides is 1. The predicted octanol–water partition coefficient (Wildman–Crippen LogP) is 4.14. The highest BCUT2D eigenvalue weighted by Crippen LogP contribution is 2.24. The van der Waals surface area contributed by atoms with E-state index in [1.54, 1.807) is 0 Å². The van der Waals surface area contributed by atoms with Gasteiger partial charge in [-0.05, 0) is 48.4 Å². The molecule has 0 unspecified atom stereocenters. The number of rotatable bonds is 9. The largest absolute Gasteiger partial charge is 0.378 e. The van der Waals surface area contributed by atoms with E-state index in [0.717, 1.165) is 72.6 Å². The van der Waals surface area contributed by atoms with E-state index in [2.05, 4.69) is 40.5 Å². The summed E-state index contributed by atoms with van der Waals surface area (Å²) < 4.78 is 26.3. The minimum atomic E-state index is -0.659. The molecule has 0 saturated carbocycles. The van der Waals surface area contributed by atoms with Gasteiger partial charge >= 0.3 is 0 Å². The number of morpholine rings is 1. The van der Waals surface area contributed by atoms with Crippen molar-refractivity contribution in [1.29, 1.82) is 0 Å². The lowest BCUT2D eigenvalue weighted by molar-refractivity contribution is 0.0901. The molecule has 35 heavy (non-hydrogen) atoms. The van der Waals surface area contributed by atoms with E-state index in [4.69, 9.17) is 14.5 Å². The van der Waals surface area contributed by atoms with E-state index >= 15 is 0 Å². The lowest BCUT2D eigenvalue weighted by Crippen LogP contribution is -2.36. The number of anilines is 2. The monoisotopic (exact) mass is 494 g/mol. The van der Waals surface area contributed by atoms with Gasteiger partial charge in [-0.2, -0.15) is 0 Å². The SMILES string of the molecule is CN(CCF)c1ccc(C#Cc2cc3ncc(N4CCOCC4)cc3n2COCC[SiH](C)C)cc1. The first-order valence-corrected chi connectivity index (χ1v) is 15.5. The Bertz CT molecular complexity index is 1160. The fourth-order valence-electron chi connectivity index (χ4n) is 4.02. The van der Waals surface area contributed by atoms with Gasteiger partial charge < -0.3 is 23.8 Å². The molecule has 1 aliphatic rings. The zero-order valence-corrected chi connectivity index (χ0v) is 22.1. The van der Waals surface area contributed by atoms with Crippen LogP contribution in [0.5, 0.6) is 0 Å². The molecule has 1 saturated heterocycles. The zero-order chi connectivity index (χ0) is 24.6. The van der Waals surface area contributed by atoms with Crippen molar-refractivity contribution in [2.75, 3.05) is 63.0 Å². The molecule has 0 amide bonds. The van der Waals surface area contributed by atoms with Gasteiger partial charge in [0.2, 0.25) is 0 Å². The number of ether oxygens (including phenoxy) is 2. The maximum Gasteiger partial charge on any atom is 0.124 e. The number of pyridine rings is 1. The summed E-state index contributed by atoms with van der Waals surface area (Å²) >= 11 is 0. The molecule has 1 fully saturated rings. The third-order valence-electron chi connectivity index (χ3n) is 6.24. The summed E-state index contributed by atoms with van der Waals surface area (Å²) in [5.41, 5.74) is 5.81. The van der Waals surface area contributed by atoms with E-state index < -0.39 is 8.80 Å². The quantitative estimate of drug-likeness (QED) is 0.254. The number of benzene rings is 1. The highest BCUT2D eigenvalue weighted by atomic mass is 28.3. The Morgan fingerprint density at radius 3 is 2.63 bits per heavy atom. The lowest BCUT2D eigenvalue weighted by atomic mass is 10.2. The minimum Gasteiger partial charge on any atom is -0.378 e. The maximum atomic E-state index is 12.6. The molecule has 8 heteroatoms. The predicted molar refractivity (Wildman–Crippen MR) is 144 cm³/mol. The average molecular weight is 495 g/mol. The van der Waals surface area contributed by atoms with Gasteiger partial charge in [-0.1, -0.05) is 19.0 Å². The number of aromatic nitrogens is 2. The van der Waals surface area contributed by atoms with Crippen molar-refractivity contribution in [3.8, 4) is 11.8 Å². The van der Waals surface area contributed by atoms with Crippen LogP contribution in [0.25, 0.3) is 11.0 Å². The molecular formula is C27H35FN4O2Si. The van der Waals surface area contributed by atoms with Crippen LogP contribution in [0.4, 0.5) is 15.8 Å². The molecule has 1 aromatic carbocycles. The Hall–Kier alpha value is -2.86.